The van der Waals surface area contributed by atoms with Crippen molar-refractivity contribution in [3.63, 3.8) is 0 Å². The highest BCUT2D eigenvalue weighted by Gasteiger charge is 2.06. The van der Waals surface area contributed by atoms with E-state index in [1.54, 1.807) is 0 Å². The zero-order valence-corrected chi connectivity index (χ0v) is 9.83. The summed E-state index contributed by atoms with van der Waals surface area (Å²) >= 11 is 0. The first-order chi connectivity index (χ1) is 7.11. The number of aryl methyl sites for hydroxylation is 1. The molecular weight excluding hydrogens is 186 g/mol. The lowest BCUT2D eigenvalue weighted by Gasteiger charge is -2.16. The Morgan fingerprint density at radius 3 is 2.53 bits per heavy atom. The summed E-state index contributed by atoms with van der Waals surface area (Å²) in [5, 5.41) is 12.6. The van der Waals surface area contributed by atoms with Gasteiger partial charge in [0.2, 0.25) is 0 Å². The Hall–Kier alpha value is -0.860. The summed E-state index contributed by atoms with van der Waals surface area (Å²) in [5.74, 6) is 0. The van der Waals surface area contributed by atoms with Crippen molar-refractivity contribution >= 4 is 0 Å². The van der Waals surface area contributed by atoms with Crippen molar-refractivity contribution in [2.24, 2.45) is 0 Å². The molecule has 2 N–H and O–H groups in total. The van der Waals surface area contributed by atoms with Crippen molar-refractivity contribution in [2.75, 3.05) is 6.54 Å². The van der Waals surface area contributed by atoms with Crippen LogP contribution in [-0.2, 0) is 0 Å². The largest absolute Gasteiger partial charge is 0.393 e. The molecule has 84 valence electrons. The molecule has 0 saturated heterocycles. The van der Waals surface area contributed by atoms with E-state index < -0.39 is 0 Å². The summed E-state index contributed by atoms with van der Waals surface area (Å²) in [6.07, 6.45) is 0.581. The van der Waals surface area contributed by atoms with Crippen LogP contribution in [0.5, 0.6) is 0 Å². The Morgan fingerprint density at radius 2 is 1.93 bits per heavy atom. The number of nitrogens with one attached hydrogen (secondary N) is 1. The zero-order chi connectivity index (χ0) is 11.3. The van der Waals surface area contributed by atoms with Crippen LogP contribution in [0.1, 0.15) is 37.4 Å². The SMILES string of the molecule is Cc1ccccc1[C@H](C)NCC[C@@H](C)O. The van der Waals surface area contributed by atoms with Gasteiger partial charge in [-0.15, -0.1) is 0 Å². The first-order valence-electron chi connectivity index (χ1n) is 5.58. The number of aliphatic hydroxyl groups is 1. The van der Waals surface area contributed by atoms with Gasteiger partial charge in [0, 0.05) is 6.04 Å². The molecule has 0 heterocycles. The average Bonchev–Trinajstić information content (AvgIpc) is 2.17. The molecule has 0 aliphatic rings. The first kappa shape index (κ1) is 12.2. The van der Waals surface area contributed by atoms with Crippen LogP contribution in [0.2, 0.25) is 0 Å². The Bertz CT molecular complexity index is 296. The minimum atomic E-state index is -0.221. The minimum absolute atomic E-state index is 0.221. The molecule has 0 saturated carbocycles. The molecule has 1 aromatic rings. The Morgan fingerprint density at radius 1 is 1.27 bits per heavy atom. The number of hydrogen-bond donors (Lipinski definition) is 2. The Kier molecular flexibility index (Phi) is 4.79. The second-order valence-electron chi connectivity index (χ2n) is 4.17. The van der Waals surface area contributed by atoms with Crippen molar-refractivity contribution in [2.45, 2.75) is 39.3 Å². The molecule has 0 bridgehead atoms. The molecule has 0 aliphatic heterocycles. The number of aliphatic hydroxyl groups excluding tert-OH is 1. The topological polar surface area (TPSA) is 32.3 Å². The molecule has 0 aliphatic carbocycles. The third-order valence-electron chi connectivity index (χ3n) is 2.67. The van der Waals surface area contributed by atoms with Gasteiger partial charge in [-0.05, 0) is 44.9 Å². The molecule has 0 unspecified atom stereocenters. The molecule has 0 spiro atoms. The van der Waals surface area contributed by atoms with Gasteiger partial charge in [0.1, 0.15) is 0 Å². The molecule has 0 amide bonds. The van der Waals surface area contributed by atoms with Crippen molar-refractivity contribution in [3.8, 4) is 0 Å². The highest BCUT2D eigenvalue weighted by molar-refractivity contribution is 5.28. The molecule has 2 atom stereocenters. The van der Waals surface area contributed by atoms with E-state index >= 15 is 0 Å². The average molecular weight is 207 g/mol. The maximum absolute atomic E-state index is 9.15. The molecular formula is C13H21NO. The second-order valence-corrected chi connectivity index (χ2v) is 4.17. The molecule has 0 fully saturated rings. The Labute approximate surface area is 92.3 Å². The third-order valence-corrected chi connectivity index (χ3v) is 2.67. The van der Waals surface area contributed by atoms with Gasteiger partial charge >= 0.3 is 0 Å². The van der Waals surface area contributed by atoms with Crippen molar-refractivity contribution in [1.82, 2.24) is 5.32 Å². The second kappa shape index (κ2) is 5.89. The monoisotopic (exact) mass is 207 g/mol. The van der Waals surface area contributed by atoms with Crippen LogP contribution in [0.25, 0.3) is 0 Å². The molecule has 0 radical (unpaired) electrons. The van der Waals surface area contributed by atoms with Crippen LogP contribution >= 0.6 is 0 Å². The van der Waals surface area contributed by atoms with Crippen LogP contribution < -0.4 is 5.32 Å². The summed E-state index contributed by atoms with van der Waals surface area (Å²) in [7, 11) is 0. The van der Waals surface area contributed by atoms with Crippen molar-refractivity contribution < 1.29 is 5.11 Å². The van der Waals surface area contributed by atoms with Gasteiger partial charge in [-0.25, -0.2) is 0 Å². The predicted octanol–water partition coefficient (Wildman–Crippen LogP) is 2.42. The quantitative estimate of drug-likeness (QED) is 0.777. The fourth-order valence-corrected chi connectivity index (χ4v) is 1.69. The number of hydrogen-bond acceptors (Lipinski definition) is 2. The molecule has 2 heteroatoms. The third kappa shape index (κ3) is 4.02. The van der Waals surface area contributed by atoms with Crippen LogP contribution in [0.15, 0.2) is 24.3 Å². The molecule has 15 heavy (non-hydrogen) atoms. The van der Waals surface area contributed by atoms with Crippen LogP contribution in [0.3, 0.4) is 0 Å². The normalized spacial score (nSPS) is 14.9. The van der Waals surface area contributed by atoms with Gasteiger partial charge in [-0.2, -0.15) is 0 Å². The summed E-state index contributed by atoms with van der Waals surface area (Å²) in [4.78, 5) is 0. The van der Waals surface area contributed by atoms with E-state index in [2.05, 4.69) is 43.4 Å². The maximum Gasteiger partial charge on any atom is 0.0524 e. The van der Waals surface area contributed by atoms with E-state index in [1.807, 2.05) is 6.92 Å². The maximum atomic E-state index is 9.15. The van der Waals surface area contributed by atoms with E-state index in [-0.39, 0.29) is 6.10 Å². The van der Waals surface area contributed by atoms with Gasteiger partial charge in [0.05, 0.1) is 6.10 Å². The van der Waals surface area contributed by atoms with Gasteiger partial charge in [-0.3, -0.25) is 0 Å². The standard InChI is InChI=1S/C13H21NO/c1-10-6-4-5-7-13(10)12(3)14-9-8-11(2)15/h4-7,11-12,14-15H,8-9H2,1-3H3/t11-,12+/m1/s1. The van der Waals surface area contributed by atoms with E-state index in [4.69, 9.17) is 5.11 Å². The van der Waals surface area contributed by atoms with Crippen LogP contribution in [0.4, 0.5) is 0 Å². The lowest BCUT2D eigenvalue weighted by Crippen LogP contribution is -2.23. The van der Waals surface area contributed by atoms with E-state index in [0.29, 0.717) is 6.04 Å². The van der Waals surface area contributed by atoms with E-state index in [1.165, 1.54) is 11.1 Å². The smallest absolute Gasteiger partial charge is 0.0524 e. The van der Waals surface area contributed by atoms with Crippen molar-refractivity contribution in [1.29, 1.82) is 0 Å². The number of rotatable bonds is 5. The Balaban J connectivity index is 2.47. The fraction of sp³-hybridized carbons (Fsp3) is 0.538. The van der Waals surface area contributed by atoms with E-state index in [9.17, 15) is 0 Å². The summed E-state index contributed by atoms with van der Waals surface area (Å²) in [6, 6.07) is 8.75. The first-order valence-corrected chi connectivity index (χ1v) is 5.58. The zero-order valence-electron chi connectivity index (χ0n) is 9.83. The van der Waals surface area contributed by atoms with Crippen molar-refractivity contribution in [3.05, 3.63) is 35.4 Å². The molecule has 1 rings (SSSR count). The fourth-order valence-electron chi connectivity index (χ4n) is 1.69. The predicted molar refractivity (Wildman–Crippen MR) is 63.9 cm³/mol. The molecule has 0 aromatic heterocycles. The lowest BCUT2D eigenvalue weighted by atomic mass is 10.0. The molecule has 2 nitrogen and oxygen atoms in total. The highest BCUT2D eigenvalue weighted by atomic mass is 16.3. The lowest BCUT2D eigenvalue weighted by molar-refractivity contribution is 0.182. The highest BCUT2D eigenvalue weighted by Crippen LogP contribution is 2.16. The van der Waals surface area contributed by atoms with Gasteiger partial charge in [-0.1, -0.05) is 24.3 Å². The van der Waals surface area contributed by atoms with Crippen LogP contribution in [-0.4, -0.2) is 17.8 Å². The minimum Gasteiger partial charge on any atom is -0.393 e. The van der Waals surface area contributed by atoms with Crippen LogP contribution in [0, 0.1) is 6.92 Å². The van der Waals surface area contributed by atoms with Gasteiger partial charge in [0.15, 0.2) is 0 Å². The summed E-state index contributed by atoms with van der Waals surface area (Å²) < 4.78 is 0. The van der Waals surface area contributed by atoms with Gasteiger partial charge in [0.25, 0.3) is 0 Å². The summed E-state index contributed by atoms with van der Waals surface area (Å²) in [6.45, 7) is 6.96. The van der Waals surface area contributed by atoms with E-state index in [0.717, 1.165) is 13.0 Å². The summed E-state index contributed by atoms with van der Waals surface area (Å²) in [5.41, 5.74) is 2.65. The van der Waals surface area contributed by atoms with Gasteiger partial charge < -0.3 is 10.4 Å². The molecule has 1 aromatic carbocycles. The number of benzene rings is 1.